The van der Waals surface area contributed by atoms with Crippen LogP contribution in [0.1, 0.15) is 90.6 Å². The molecule has 0 aliphatic heterocycles. The van der Waals surface area contributed by atoms with Gasteiger partial charge in [0.1, 0.15) is 23.6 Å². The Hall–Kier alpha value is -3.83. The van der Waals surface area contributed by atoms with E-state index in [1.807, 2.05) is 12.1 Å². The smallest absolute Gasteiger partial charge is 0.416 e. The molecule has 0 spiro atoms. The van der Waals surface area contributed by atoms with Gasteiger partial charge < -0.3 is 9.47 Å². The molecule has 0 bridgehead atoms. The predicted octanol–water partition coefficient (Wildman–Crippen LogP) is 6.26. The molecule has 10 nitrogen and oxygen atoms in total. The summed E-state index contributed by atoms with van der Waals surface area (Å²) in [6.07, 6.45) is 4.32. The van der Waals surface area contributed by atoms with Gasteiger partial charge in [0.2, 0.25) is 0 Å². The van der Waals surface area contributed by atoms with E-state index in [4.69, 9.17) is 14.5 Å². The van der Waals surface area contributed by atoms with Crippen LogP contribution >= 0.6 is 0 Å². The lowest BCUT2D eigenvalue weighted by Gasteiger charge is -2.28. The molecule has 1 fully saturated rings. The average Bonchev–Trinajstić information content (AvgIpc) is 3.76. The van der Waals surface area contributed by atoms with Gasteiger partial charge in [-0.15, -0.1) is 0 Å². The van der Waals surface area contributed by atoms with Crippen molar-refractivity contribution in [1.82, 2.24) is 14.7 Å². The number of aromatic nitrogens is 2. The highest BCUT2D eigenvalue weighted by Crippen LogP contribution is 2.50. The van der Waals surface area contributed by atoms with Crippen LogP contribution < -0.4 is 9.62 Å². The molecular formula is C34H44N4O6S. The topological polar surface area (TPSA) is 128 Å². The number of rotatable bonds is 11. The maximum Gasteiger partial charge on any atom is 0.416 e. The van der Waals surface area contributed by atoms with Crippen LogP contribution in [-0.2, 0) is 36.1 Å². The summed E-state index contributed by atoms with van der Waals surface area (Å²) in [4.78, 5) is 36.0. The summed E-state index contributed by atoms with van der Waals surface area (Å²) in [5.74, 6) is -0.530. The fourth-order valence-corrected chi connectivity index (χ4v) is 6.19. The molecule has 1 aliphatic rings. The van der Waals surface area contributed by atoms with Crippen LogP contribution in [0.25, 0.3) is 0 Å². The molecule has 1 N–H and O–H groups in total. The lowest BCUT2D eigenvalue weighted by molar-refractivity contribution is -0.153. The van der Waals surface area contributed by atoms with E-state index in [-0.39, 0.29) is 22.7 Å². The van der Waals surface area contributed by atoms with Gasteiger partial charge in [0.05, 0.1) is 11.7 Å². The van der Waals surface area contributed by atoms with Crippen molar-refractivity contribution in [2.45, 2.75) is 102 Å². The number of nitrogens with zero attached hydrogens (tertiary/aromatic N) is 3. The van der Waals surface area contributed by atoms with Crippen molar-refractivity contribution in [3.8, 4) is 0 Å². The lowest BCUT2D eigenvalue weighted by Crippen LogP contribution is -2.42. The second kappa shape index (κ2) is 13.3. The fourth-order valence-electron chi connectivity index (χ4n) is 5.03. The Labute approximate surface area is 266 Å². The van der Waals surface area contributed by atoms with E-state index in [1.54, 1.807) is 71.9 Å². The number of ether oxygens (including phenoxy) is 2. The summed E-state index contributed by atoms with van der Waals surface area (Å²) in [6, 6.07) is 17.0. The molecule has 1 aliphatic carbocycles. The molecule has 0 saturated heterocycles. The maximum absolute atomic E-state index is 13.5. The molecule has 2 aromatic heterocycles. The van der Waals surface area contributed by atoms with Gasteiger partial charge in [0, 0.05) is 6.20 Å². The number of amides is 1. The van der Waals surface area contributed by atoms with Crippen molar-refractivity contribution in [3.63, 3.8) is 0 Å². The highest BCUT2D eigenvalue weighted by atomic mass is 32.2. The zero-order valence-electron chi connectivity index (χ0n) is 27.2. The molecule has 45 heavy (non-hydrogen) atoms. The number of pyridine rings is 2. The van der Waals surface area contributed by atoms with E-state index in [1.165, 1.54) is 30.7 Å². The molecule has 242 valence electrons. The average molecular weight is 637 g/mol. The van der Waals surface area contributed by atoms with E-state index in [9.17, 15) is 18.0 Å². The van der Waals surface area contributed by atoms with Gasteiger partial charge in [-0.05, 0) is 108 Å². The largest absolute Gasteiger partial charge is 0.459 e. The monoisotopic (exact) mass is 636 g/mol. The van der Waals surface area contributed by atoms with Crippen molar-refractivity contribution in [2.75, 3.05) is 11.4 Å². The Balaban J connectivity index is 1.70. The first-order valence-electron chi connectivity index (χ1n) is 15.2. The number of esters is 1. The van der Waals surface area contributed by atoms with Gasteiger partial charge in [-0.25, -0.2) is 27.9 Å². The second-order valence-corrected chi connectivity index (χ2v) is 15.1. The quantitative estimate of drug-likeness (QED) is 0.244. The molecule has 1 unspecified atom stereocenters. The molecule has 2 heterocycles. The molecule has 1 atom stereocenters. The predicted molar refractivity (Wildman–Crippen MR) is 172 cm³/mol. The third-order valence-electron chi connectivity index (χ3n) is 7.46. The number of anilines is 1. The van der Waals surface area contributed by atoms with Crippen LogP contribution in [0.3, 0.4) is 0 Å². The fraction of sp³-hybridized carbons (Fsp3) is 0.471. The molecule has 1 amide bonds. The molecular weight excluding hydrogens is 592 g/mol. The number of nitrogens with one attached hydrogen (secondary N) is 1. The molecule has 3 aromatic rings. The Morgan fingerprint density at radius 2 is 1.60 bits per heavy atom. The number of hydrogen-bond acceptors (Lipinski definition) is 8. The lowest BCUT2D eigenvalue weighted by atomic mass is 9.91. The van der Waals surface area contributed by atoms with Gasteiger partial charge in [-0.2, -0.15) is 0 Å². The van der Waals surface area contributed by atoms with Crippen molar-refractivity contribution in [3.05, 3.63) is 83.7 Å². The van der Waals surface area contributed by atoms with Crippen LogP contribution in [0, 0.1) is 0 Å². The summed E-state index contributed by atoms with van der Waals surface area (Å²) in [5, 5.41) is -0.125. The van der Waals surface area contributed by atoms with Crippen molar-refractivity contribution in [1.29, 1.82) is 0 Å². The number of sulfonamides is 1. The van der Waals surface area contributed by atoms with Gasteiger partial charge in [-0.1, -0.05) is 43.3 Å². The first kappa shape index (κ1) is 34.1. The maximum atomic E-state index is 13.5. The first-order chi connectivity index (χ1) is 21.0. The van der Waals surface area contributed by atoms with E-state index in [0.29, 0.717) is 5.69 Å². The number of hydrogen-bond donors (Lipinski definition) is 1. The van der Waals surface area contributed by atoms with Crippen LogP contribution in [0.5, 0.6) is 0 Å². The minimum atomic E-state index is -4.05. The Morgan fingerprint density at radius 3 is 2.16 bits per heavy atom. The van der Waals surface area contributed by atoms with Crippen molar-refractivity contribution >= 4 is 27.9 Å². The molecule has 11 heteroatoms. The SMILES string of the molecule is CCC1(c2ccc(CC(NS(=O)(=O)c3ccccn3)c3cccc(N(CC(=O)OC(C)(C)C)C(=O)OC(C)(C)C)n3)cc2)CC1. The zero-order chi connectivity index (χ0) is 33.0. The van der Waals surface area contributed by atoms with Crippen molar-refractivity contribution < 1.29 is 27.5 Å². The van der Waals surface area contributed by atoms with Gasteiger partial charge >= 0.3 is 12.1 Å². The second-order valence-electron chi connectivity index (χ2n) is 13.5. The molecule has 4 rings (SSSR count). The van der Waals surface area contributed by atoms with Gasteiger partial charge in [0.25, 0.3) is 10.0 Å². The highest BCUT2D eigenvalue weighted by Gasteiger charge is 2.42. The summed E-state index contributed by atoms with van der Waals surface area (Å²) in [5.41, 5.74) is 1.17. The van der Waals surface area contributed by atoms with E-state index < -0.39 is 45.9 Å². The van der Waals surface area contributed by atoms with Crippen molar-refractivity contribution in [2.24, 2.45) is 0 Å². The zero-order valence-corrected chi connectivity index (χ0v) is 28.0. The van der Waals surface area contributed by atoms with E-state index in [0.717, 1.165) is 16.9 Å². The van der Waals surface area contributed by atoms with E-state index >= 15 is 0 Å². The molecule has 0 radical (unpaired) electrons. The normalized spacial score (nSPS) is 15.2. The number of benzene rings is 1. The third kappa shape index (κ3) is 9.34. The van der Waals surface area contributed by atoms with Crippen LogP contribution in [-0.4, -0.2) is 48.2 Å². The first-order valence-corrected chi connectivity index (χ1v) is 16.7. The van der Waals surface area contributed by atoms with Crippen LogP contribution in [0.15, 0.2) is 71.9 Å². The third-order valence-corrected chi connectivity index (χ3v) is 8.84. The van der Waals surface area contributed by atoms with Gasteiger partial charge in [0.15, 0.2) is 5.03 Å². The number of carbonyl (C=O) groups excluding carboxylic acids is 2. The van der Waals surface area contributed by atoms with Crippen LogP contribution in [0.4, 0.5) is 10.6 Å². The summed E-state index contributed by atoms with van der Waals surface area (Å²) >= 11 is 0. The summed E-state index contributed by atoms with van der Waals surface area (Å²) in [6.45, 7) is 12.1. The Morgan fingerprint density at radius 1 is 0.933 bits per heavy atom. The minimum absolute atomic E-state index is 0.114. The Kier molecular flexibility index (Phi) is 10.0. The Bertz CT molecular complexity index is 1590. The highest BCUT2D eigenvalue weighted by molar-refractivity contribution is 7.89. The summed E-state index contributed by atoms with van der Waals surface area (Å²) in [7, 11) is -4.05. The van der Waals surface area contributed by atoms with E-state index in [2.05, 4.69) is 28.8 Å². The van der Waals surface area contributed by atoms with Gasteiger partial charge in [-0.3, -0.25) is 9.69 Å². The standard InChI is InChI=1S/C34H44N4O6S/c1-8-34(19-20-34)25-17-15-24(16-18-25)22-27(37-45(41,42)29-14-9-10-21-35-29)26-12-11-13-28(36-26)38(31(40)44-33(5,6)7)23-30(39)43-32(2,3)4/h9-18,21,27,37H,8,19-20,22-23H2,1-7H3. The minimum Gasteiger partial charge on any atom is -0.459 e. The molecule has 1 aromatic carbocycles. The molecule has 1 saturated carbocycles. The number of carbonyl (C=O) groups is 2. The van der Waals surface area contributed by atoms with Crippen LogP contribution in [0.2, 0.25) is 0 Å². The summed E-state index contributed by atoms with van der Waals surface area (Å²) < 4.78 is 40.7.